The molecule has 2 aromatic rings. The predicted molar refractivity (Wildman–Crippen MR) is 70.3 cm³/mol. The molecule has 0 spiro atoms. The van der Waals surface area contributed by atoms with Crippen LogP contribution in [0.5, 0.6) is 5.75 Å². The van der Waals surface area contributed by atoms with Gasteiger partial charge in [0.05, 0.1) is 0 Å². The Morgan fingerprint density at radius 3 is 2.22 bits per heavy atom. The average Bonchev–Trinajstić information content (AvgIpc) is 2.45. The number of para-hydroxylation sites is 1. The second-order valence-corrected chi connectivity index (χ2v) is 3.64. The second-order valence-electron chi connectivity index (χ2n) is 3.64. The van der Waals surface area contributed by atoms with Crippen molar-refractivity contribution in [1.82, 2.24) is 0 Å². The number of benzene rings is 2. The quantitative estimate of drug-likeness (QED) is 0.766. The first-order chi connectivity index (χ1) is 8.84. The number of hydrogen-bond acceptors (Lipinski definition) is 2. The minimum absolute atomic E-state index is 0.0240. The van der Waals surface area contributed by atoms with Crippen LogP contribution in [0.15, 0.2) is 60.7 Å². The normalized spacial score (nSPS) is 9.11. The fraction of sp³-hybridized carbons (Fsp3) is 0.0625. The lowest BCUT2D eigenvalue weighted by molar-refractivity contribution is -0.115. The fourth-order valence-corrected chi connectivity index (χ4v) is 1.37. The molecule has 0 atom stereocenters. The number of Topliss-reactive ketones (excluding diaryl/α,β-unsaturated/α-hetero) is 1. The Morgan fingerprint density at radius 1 is 0.944 bits per heavy atom. The Morgan fingerprint density at radius 2 is 1.56 bits per heavy atom. The van der Waals surface area contributed by atoms with Gasteiger partial charge in [-0.25, -0.2) is 0 Å². The molecule has 0 aliphatic rings. The van der Waals surface area contributed by atoms with Crippen LogP contribution in [0.25, 0.3) is 0 Å². The molecule has 2 aromatic carbocycles. The van der Waals surface area contributed by atoms with Gasteiger partial charge in [0.1, 0.15) is 5.75 Å². The summed E-state index contributed by atoms with van der Waals surface area (Å²) in [6.45, 7) is -0.0240. The van der Waals surface area contributed by atoms with Crippen molar-refractivity contribution in [3.63, 3.8) is 0 Å². The maximum absolute atomic E-state index is 11.5. The fourth-order valence-electron chi connectivity index (χ4n) is 1.37. The van der Waals surface area contributed by atoms with Crippen molar-refractivity contribution in [2.24, 2.45) is 0 Å². The number of ether oxygens (including phenoxy) is 1. The van der Waals surface area contributed by atoms with Crippen molar-refractivity contribution >= 4 is 5.78 Å². The molecule has 0 aliphatic carbocycles. The van der Waals surface area contributed by atoms with Gasteiger partial charge in [-0.1, -0.05) is 42.3 Å². The summed E-state index contributed by atoms with van der Waals surface area (Å²) in [5.41, 5.74) is 0.825. The van der Waals surface area contributed by atoms with Crippen LogP contribution in [0.1, 0.15) is 5.56 Å². The van der Waals surface area contributed by atoms with Crippen molar-refractivity contribution in [3.8, 4) is 17.6 Å². The monoisotopic (exact) mass is 236 g/mol. The molecule has 0 bridgehead atoms. The minimum Gasteiger partial charge on any atom is -0.485 e. The zero-order valence-electron chi connectivity index (χ0n) is 9.80. The molecule has 88 valence electrons. The van der Waals surface area contributed by atoms with Crippen LogP contribution in [0.3, 0.4) is 0 Å². The summed E-state index contributed by atoms with van der Waals surface area (Å²) in [5.74, 6) is 5.80. The lowest BCUT2D eigenvalue weighted by Crippen LogP contribution is -2.08. The summed E-state index contributed by atoms with van der Waals surface area (Å²) in [4.78, 5) is 11.5. The number of ketones is 1. The van der Waals surface area contributed by atoms with Crippen LogP contribution in [-0.4, -0.2) is 12.4 Å². The van der Waals surface area contributed by atoms with E-state index in [1.165, 1.54) is 0 Å². The van der Waals surface area contributed by atoms with Crippen LogP contribution in [0, 0.1) is 11.8 Å². The Labute approximate surface area is 106 Å². The molecule has 0 unspecified atom stereocenters. The van der Waals surface area contributed by atoms with Crippen LogP contribution in [0.4, 0.5) is 0 Å². The molecule has 0 aromatic heterocycles. The maximum atomic E-state index is 11.5. The molecule has 18 heavy (non-hydrogen) atoms. The van der Waals surface area contributed by atoms with E-state index in [-0.39, 0.29) is 12.4 Å². The Balaban J connectivity index is 1.89. The molecule has 2 heteroatoms. The van der Waals surface area contributed by atoms with Gasteiger partial charge >= 0.3 is 0 Å². The van der Waals surface area contributed by atoms with Gasteiger partial charge in [-0.3, -0.25) is 4.79 Å². The lowest BCUT2D eigenvalue weighted by Gasteiger charge is -2.01. The highest BCUT2D eigenvalue weighted by Crippen LogP contribution is 2.07. The van der Waals surface area contributed by atoms with Gasteiger partial charge in [0.15, 0.2) is 6.61 Å². The predicted octanol–water partition coefficient (Wildman–Crippen LogP) is 2.69. The molecule has 2 rings (SSSR count). The summed E-state index contributed by atoms with van der Waals surface area (Å²) in [7, 11) is 0. The molecule has 0 fully saturated rings. The summed E-state index contributed by atoms with van der Waals surface area (Å²) >= 11 is 0. The zero-order chi connectivity index (χ0) is 12.6. The molecule has 0 N–H and O–H groups in total. The third-order valence-corrected chi connectivity index (χ3v) is 2.23. The summed E-state index contributed by atoms with van der Waals surface area (Å²) in [6.07, 6.45) is 0. The average molecular weight is 236 g/mol. The Hall–Kier alpha value is -2.53. The largest absolute Gasteiger partial charge is 0.485 e. The molecule has 0 saturated carbocycles. The van der Waals surface area contributed by atoms with Crippen LogP contribution >= 0.6 is 0 Å². The third-order valence-electron chi connectivity index (χ3n) is 2.23. The van der Waals surface area contributed by atoms with E-state index in [1.807, 2.05) is 48.5 Å². The first-order valence-corrected chi connectivity index (χ1v) is 5.62. The molecule has 0 saturated heterocycles. The van der Waals surface area contributed by atoms with Crippen molar-refractivity contribution in [3.05, 3.63) is 66.2 Å². The van der Waals surface area contributed by atoms with E-state index >= 15 is 0 Å². The van der Waals surface area contributed by atoms with Gasteiger partial charge in [0.25, 0.3) is 0 Å². The topological polar surface area (TPSA) is 26.3 Å². The number of carbonyl (C=O) groups is 1. The third kappa shape index (κ3) is 3.80. The van der Waals surface area contributed by atoms with Crippen molar-refractivity contribution in [2.75, 3.05) is 6.61 Å². The van der Waals surface area contributed by atoms with E-state index in [9.17, 15) is 4.79 Å². The summed E-state index contributed by atoms with van der Waals surface area (Å²) in [5, 5.41) is 0. The second kappa shape index (κ2) is 6.27. The van der Waals surface area contributed by atoms with Gasteiger partial charge in [0, 0.05) is 5.56 Å². The highest BCUT2D eigenvalue weighted by molar-refractivity contribution is 5.97. The summed E-state index contributed by atoms with van der Waals surface area (Å²) in [6, 6.07) is 18.6. The van der Waals surface area contributed by atoms with Gasteiger partial charge in [-0.15, -0.1) is 0 Å². The van der Waals surface area contributed by atoms with Gasteiger partial charge < -0.3 is 4.74 Å². The van der Waals surface area contributed by atoms with Crippen LogP contribution in [-0.2, 0) is 4.79 Å². The molecular formula is C16H12O2. The maximum Gasteiger partial charge on any atom is 0.243 e. The highest BCUT2D eigenvalue weighted by atomic mass is 16.5. The van der Waals surface area contributed by atoms with E-state index < -0.39 is 0 Å². The minimum atomic E-state index is -0.234. The van der Waals surface area contributed by atoms with E-state index in [1.54, 1.807) is 12.1 Å². The summed E-state index contributed by atoms with van der Waals surface area (Å²) < 4.78 is 5.30. The van der Waals surface area contributed by atoms with Crippen molar-refractivity contribution in [2.45, 2.75) is 0 Å². The van der Waals surface area contributed by atoms with Gasteiger partial charge in [-0.05, 0) is 30.2 Å². The van der Waals surface area contributed by atoms with E-state index in [0.29, 0.717) is 5.75 Å². The van der Waals surface area contributed by atoms with Crippen molar-refractivity contribution < 1.29 is 9.53 Å². The van der Waals surface area contributed by atoms with E-state index in [2.05, 4.69) is 11.8 Å². The SMILES string of the molecule is O=C(C#Cc1ccccc1)COc1ccccc1. The Kier molecular flexibility index (Phi) is 4.16. The molecule has 0 aliphatic heterocycles. The standard InChI is InChI=1S/C16H12O2/c17-15(12-11-14-7-3-1-4-8-14)13-18-16-9-5-2-6-10-16/h1-10H,13H2. The molecule has 0 radical (unpaired) electrons. The van der Waals surface area contributed by atoms with Gasteiger partial charge in [0.2, 0.25) is 5.78 Å². The number of carbonyl (C=O) groups excluding carboxylic acids is 1. The van der Waals surface area contributed by atoms with Crippen LogP contribution in [0.2, 0.25) is 0 Å². The van der Waals surface area contributed by atoms with E-state index in [4.69, 9.17) is 4.74 Å². The zero-order valence-corrected chi connectivity index (χ0v) is 9.80. The first-order valence-electron chi connectivity index (χ1n) is 5.62. The van der Waals surface area contributed by atoms with Crippen molar-refractivity contribution in [1.29, 1.82) is 0 Å². The smallest absolute Gasteiger partial charge is 0.243 e. The number of hydrogen-bond donors (Lipinski definition) is 0. The molecule has 0 amide bonds. The molecule has 2 nitrogen and oxygen atoms in total. The Bertz CT molecular complexity index is 562. The number of rotatable bonds is 3. The van der Waals surface area contributed by atoms with E-state index in [0.717, 1.165) is 5.56 Å². The van der Waals surface area contributed by atoms with Gasteiger partial charge in [-0.2, -0.15) is 0 Å². The molecule has 0 heterocycles. The first kappa shape index (κ1) is 11.9. The molecular weight excluding hydrogens is 224 g/mol. The highest BCUT2D eigenvalue weighted by Gasteiger charge is 1.98. The lowest BCUT2D eigenvalue weighted by atomic mass is 10.2. The van der Waals surface area contributed by atoms with Crippen LogP contribution < -0.4 is 4.74 Å².